The number of aliphatic hydroxyl groups excluding tert-OH is 1. The highest BCUT2D eigenvalue weighted by Crippen LogP contribution is 2.51. The van der Waals surface area contributed by atoms with Crippen LogP contribution in [0.5, 0.6) is 5.75 Å². The van der Waals surface area contributed by atoms with E-state index in [4.69, 9.17) is 16.3 Å². The van der Waals surface area contributed by atoms with Gasteiger partial charge < -0.3 is 19.6 Å². The van der Waals surface area contributed by atoms with Gasteiger partial charge in [-0.15, -0.1) is 0 Å². The molecule has 2 aliphatic carbocycles. The molecule has 2 aliphatic heterocycles. The van der Waals surface area contributed by atoms with Crippen molar-refractivity contribution in [3.05, 3.63) is 41.4 Å². The van der Waals surface area contributed by atoms with E-state index in [-0.39, 0.29) is 18.5 Å². The summed E-state index contributed by atoms with van der Waals surface area (Å²) < 4.78 is 34.7. The number of amides is 1. The third-order valence-electron chi connectivity index (χ3n) is 8.62. The molecule has 12 heteroatoms. The second kappa shape index (κ2) is 10.6. The van der Waals surface area contributed by atoms with E-state index >= 15 is 0 Å². The second-order valence-corrected chi connectivity index (χ2v) is 13.3. The van der Waals surface area contributed by atoms with Crippen LogP contribution in [0.1, 0.15) is 51.4 Å². The number of nitrogens with zero attached hydrogens (tertiary/aromatic N) is 3. The van der Waals surface area contributed by atoms with Gasteiger partial charge in [-0.25, -0.2) is 9.71 Å². The lowest BCUT2D eigenvalue weighted by molar-refractivity contribution is -0.127. The fraction of sp³-hybridized carbons (Fsp3) is 0.556. The minimum Gasteiger partial charge on any atom is -0.475 e. The summed E-state index contributed by atoms with van der Waals surface area (Å²) in [6.45, 7) is 2.81. The number of anilines is 2. The number of hydrogen-bond acceptors (Lipinski definition) is 8. The number of nitrogens with one attached hydrogen (secondary N) is 1. The molecule has 1 aromatic heterocycles. The number of pyridine rings is 1. The molecule has 1 amide bonds. The lowest BCUT2D eigenvalue weighted by Crippen LogP contribution is -2.45. The Balaban J connectivity index is 0.00000308. The van der Waals surface area contributed by atoms with Crippen LogP contribution in [0.15, 0.2) is 41.4 Å². The lowest BCUT2D eigenvalue weighted by atomic mass is 9.63. The highest BCUT2D eigenvalue weighted by atomic mass is 35.5. The molecule has 1 aromatic carbocycles. The van der Waals surface area contributed by atoms with Crippen molar-refractivity contribution in [2.24, 2.45) is 5.41 Å². The van der Waals surface area contributed by atoms with E-state index in [9.17, 15) is 18.3 Å². The molecule has 1 spiro atoms. The van der Waals surface area contributed by atoms with Crippen molar-refractivity contribution in [3.63, 3.8) is 0 Å². The third kappa shape index (κ3) is 5.68. The monoisotopic (exact) mass is 594 g/mol. The van der Waals surface area contributed by atoms with Gasteiger partial charge in [0.25, 0.3) is 15.9 Å². The highest BCUT2D eigenvalue weighted by Gasteiger charge is 2.55. The first-order valence-electron chi connectivity index (χ1n) is 13.4. The fourth-order valence-electron chi connectivity index (χ4n) is 5.88. The van der Waals surface area contributed by atoms with Crippen molar-refractivity contribution < 1.29 is 23.1 Å². The summed E-state index contributed by atoms with van der Waals surface area (Å²) in [6.07, 6.45) is 7.15. The SMILES string of the molecule is O=C(NS(=O)(=O)c1cccc(N2CC[C@H](O)C2)n1)C1(Oc2cc(Cl)ccc2N2CCC3(CCC3)CC2)CC1.S. The zero-order valence-corrected chi connectivity index (χ0v) is 24.3. The normalized spacial score (nSPS) is 23.1. The lowest BCUT2D eigenvalue weighted by Gasteiger charge is -2.48. The number of aromatic nitrogens is 1. The maximum atomic E-state index is 13.3. The van der Waals surface area contributed by atoms with Gasteiger partial charge in [0, 0.05) is 50.1 Å². The maximum absolute atomic E-state index is 13.3. The van der Waals surface area contributed by atoms with Crippen LogP contribution < -0.4 is 19.3 Å². The predicted molar refractivity (Wildman–Crippen MR) is 155 cm³/mol. The molecule has 3 heterocycles. The van der Waals surface area contributed by atoms with E-state index in [1.807, 2.05) is 17.0 Å². The van der Waals surface area contributed by atoms with Gasteiger partial charge in [0.05, 0.1) is 11.8 Å². The number of benzene rings is 1. The summed E-state index contributed by atoms with van der Waals surface area (Å²) in [5.41, 5.74) is 0.108. The van der Waals surface area contributed by atoms with Crippen LogP contribution >= 0.6 is 25.1 Å². The van der Waals surface area contributed by atoms with Gasteiger partial charge in [-0.3, -0.25) is 4.79 Å². The quantitative estimate of drug-likeness (QED) is 0.500. The molecule has 0 unspecified atom stereocenters. The Morgan fingerprint density at radius 2 is 1.79 bits per heavy atom. The van der Waals surface area contributed by atoms with Gasteiger partial charge in [-0.05, 0) is 61.8 Å². The molecule has 4 aliphatic rings. The van der Waals surface area contributed by atoms with Crippen LogP contribution in [0.25, 0.3) is 0 Å². The van der Waals surface area contributed by atoms with Crippen LogP contribution in [0.3, 0.4) is 0 Å². The van der Waals surface area contributed by atoms with Crippen LogP contribution in [0, 0.1) is 5.41 Å². The maximum Gasteiger partial charge on any atom is 0.281 e. The molecule has 0 radical (unpaired) electrons. The molecular weight excluding hydrogens is 560 g/mol. The smallest absolute Gasteiger partial charge is 0.281 e. The number of piperidine rings is 1. The average Bonchev–Trinajstić information content (AvgIpc) is 3.54. The Bertz CT molecular complexity index is 1340. The van der Waals surface area contributed by atoms with E-state index in [0.29, 0.717) is 54.4 Å². The summed E-state index contributed by atoms with van der Waals surface area (Å²) in [5.74, 6) is 0.238. The molecular formula is C27H35ClN4O5S2. The molecule has 1 atom stereocenters. The molecule has 2 saturated carbocycles. The first kappa shape index (κ1) is 28.3. The number of aliphatic hydroxyl groups is 1. The topological polar surface area (TPSA) is 112 Å². The molecule has 212 valence electrons. The molecule has 2 saturated heterocycles. The molecule has 2 N–H and O–H groups in total. The van der Waals surface area contributed by atoms with Crippen molar-refractivity contribution in [2.45, 2.75) is 68.1 Å². The Morgan fingerprint density at radius 1 is 1.05 bits per heavy atom. The van der Waals surface area contributed by atoms with E-state index in [1.165, 1.54) is 25.3 Å². The summed E-state index contributed by atoms with van der Waals surface area (Å²) >= 11 is 6.30. The number of carbonyl (C=O) groups excluding carboxylic acids is 1. The molecule has 0 bridgehead atoms. The number of ether oxygens (including phenoxy) is 1. The van der Waals surface area contributed by atoms with Gasteiger partial charge in [-0.1, -0.05) is 24.1 Å². The first-order valence-corrected chi connectivity index (χ1v) is 15.2. The van der Waals surface area contributed by atoms with Crippen molar-refractivity contribution in [3.8, 4) is 5.75 Å². The number of carbonyl (C=O) groups is 1. The zero-order chi connectivity index (χ0) is 26.5. The summed E-state index contributed by atoms with van der Waals surface area (Å²) in [6, 6.07) is 10.1. The number of sulfonamides is 1. The predicted octanol–water partition coefficient (Wildman–Crippen LogP) is 3.61. The third-order valence-corrected chi connectivity index (χ3v) is 10.1. The fourth-order valence-corrected chi connectivity index (χ4v) is 7.04. The Kier molecular flexibility index (Phi) is 7.73. The van der Waals surface area contributed by atoms with Crippen molar-refractivity contribution >= 4 is 52.5 Å². The number of rotatable bonds is 7. The molecule has 2 aromatic rings. The van der Waals surface area contributed by atoms with Crippen LogP contribution in [0.4, 0.5) is 11.5 Å². The molecule has 39 heavy (non-hydrogen) atoms. The molecule has 9 nitrogen and oxygen atoms in total. The Labute approximate surface area is 241 Å². The second-order valence-electron chi connectivity index (χ2n) is 11.2. The number of hydrogen-bond donors (Lipinski definition) is 2. The highest BCUT2D eigenvalue weighted by molar-refractivity contribution is 7.90. The van der Waals surface area contributed by atoms with E-state index in [1.54, 1.807) is 18.2 Å². The van der Waals surface area contributed by atoms with Crippen molar-refractivity contribution in [1.29, 1.82) is 0 Å². The van der Waals surface area contributed by atoms with Gasteiger partial charge in [0.1, 0.15) is 11.6 Å². The van der Waals surface area contributed by atoms with Crippen LogP contribution in [-0.4, -0.2) is 62.3 Å². The van der Waals surface area contributed by atoms with Crippen molar-refractivity contribution in [1.82, 2.24) is 9.71 Å². The minimum absolute atomic E-state index is 0. The molecule has 4 fully saturated rings. The largest absolute Gasteiger partial charge is 0.475 e. The first-order chi connectivity index (χ1) is 18.2. The minimum atomic E-state index is -4.23. The summed E-state index contributed by atoms with van der Waals surface area (Å²) in [4.78, 5) is 21.6. The Morgan fingerprint density at radius 3 is 2.41 bits per heavy atom. The van der Waals surface area contributed by atoms with Crippen LogP contribution in [0.2, 0.25) is 5.02 Å². The van der Waals surface area contributed by atoms with Gasteiger partial charge in [0.15, 0.2) is 10.6 Å². The average molecular weight is 595 g/mol. The van der Waals surface area contributed by atoms with E-state index in [0.717, 1.165) is 31.6 Å². The molecule has 6 rings (SSSR count). The standard InChI is InChI=1S/C27H33ClN4O5S.H2S/c28-19-5-6-21(31-15-12-26(13-16-31)8-2-9-26)22(17-19)37-27(10-11-27)25(34)30-38(35,36)24-4-1-3-23(29-24)32-14-7-20(33)18-32;/h1,3-6,17,20,33H,2,7-16,18H2,(H,30,34);1H2/t20-;/m0./s1. The van der Waals surface area contributed by atoms with Crippen molar-refractivity contribution in [2.75, 3.05) is 36.0 Å². The summed E-state index contributed by atoms with van der Waals surface area (Å²) in [5, 5.41) is 10.1. The number of β-amino-alcohol motifs (C(OH)–C–C–N with tert-alkyl or cyclic N) is 1. The Hall–Kier alpha value is -2.21. The van der Waals surface area contributed by atoms with E-state index in [2.05, 4.69) is 14.6 Å². The number of halogens is 1. The summed E-state index contributed by atoms with van der Waals surface area (Å²) in [7, 11) is -4.23. The van der Waals surface area contributed by atoms with E-state index < -0.39 is 27.6 Å². The van der Waals surface area contributed by atoms with Gasteiger partial charge in [0.2, 0.25) is 0 Å². The van der Waals surface area contributed by atoms with Crippen LogP contribution in [-0.2, 0) is 14.8 Å². The van der Waals surface area contributed by atoms with Gasteiger partial charge in [-0.2, -0.15) is 21.9 Å². The zero-order valence-electron chi connectivity index (χ0n) is 21.7. The van der Waals surface area contributed by atoms with Gasteiger partial charge >= 0.3 is 0 Å².